The summed E-state index contributed by atoms with van der Waals surface area (Å²) in [6.07, 6.45) is 6.88. The molecule has 1 aromatic rings. The first-order valence-electron chi connectivity index (χ1n) is 6.42. The fraction of sp³-hybridized carbons (Fsp3) is 0.615. The Morgan fingerprint density at radius 3 is 2.83 bits per heavy atom. The van der Waals surface area contributed by atoms with Gasteiger partial charge in [0, 0.05) is 25.0 Å². The van der Waals surface area contributed by atoms with E-state index in [4.69, 9.17) is 0 Å². The first-order valence-corrected chi connectivity index (χ1v) is 7.30. The van der Waals surface area contributed by atoms with Gasteiger partial charge in [0.05, 0.1) is 5.25 Å². The second-order valence-electron chi connectivity index (χ2n) is 4.67. The van der Waals surface area contributed by atoms with Crippen LogP contribution in [0.15, 0.2) is 23.6 Å². The normalized spacial score (nSPS) is 21.7. The van der Waals surface area contributed by atoms with Crippen LogP contribution in [0.3, 0.4) is 0 Å². The Morgan fingerprint density at radius 1 is 1.44 bits per heavy atom. The fourth-order valence-electron chi connectivity index (χ4n) is 2.21. The van der Waals surface area contributed by atoms with Crippen molar-refractivity contribution in [3.8, 4) is 0 Å². The molecule has 1 aliphatic rings. The molecule has 0 spiro atoms. The van der Waals surface area contributed by atoms with Crippen molar-refractivity contribution in [2.75, 3.05) is 6.54 Å². The first kappa shape index (κ1) is 13.3. The summed E-state index contributed by atoms with van der Waals surface area (Å²) in [5.74, 6) is 0.208. The topological polar surface area (TPSA) is 46.1 Å². The molecule has 0 saturated carbocycles. The number of hydrogen-bond acceptors (Lipinski definition) is 4. The summed E-state index contributed by atoms with van der Waals surface area (Å²) >= 11 is 1.43. The van der Waals surface area contributed by atoms with Crippen LogP contribution in [0.1, 0.15) is 33.1 Å². The number of likely N-dealkylation sites (tertiary alicyclic amines) is 1. The predicted molar refractivity (Wildman–Crippen MR) is 72.4 cm³/mol. The van der Waals surface area contributed by atoms with Crippen molar-refractivity contribution in [1.82, 2.24) is 14.9 Å². The highest BCUT2D eigenvalue weighted by atomic mass is 32.2. The maximum atomic E-state index is 12.4. The van der Waals surface area contributed by atoms with Gasteiger partial charge in [-0.2, -0.15) is 0 Å². The zero-order chi connectivity index (χ0) is 13.0. The number of rotatable bonds is 3. The first-order chi connectivity index (χ1) is 8.68. The largest absolute Gasteiger partial charge is 0.339 e. The van der Waals surface area contributed by atoms with Gasteiger partial charge in [0.15, 0.2) is 5.16 Å². The third kappa shape index (κ3) is 3.22. The number of nitrogens with zero attached hydrogens (tertiary/aromatic N) is 3. The second-order valence-corrected chi connectivity index (χ2v) is 5.98. The van der Waals surface area contributed by atoms with Gasteiger partial charge in [0.1, 0.15) is 0 Å². The van der Waals surface area contributed by atoms with E-state index < -0.39 is 0 Å². The van der Waals surface area contributed by atoms with Gasteiger partial charge < -0.3 is 4.90 Å². The van der Waals surface area contributed by atoms with Gasteiger partial charge in [-0.3, -0.25) is 4.79 Å². The minimum Gasteiger partial charge on any atom is -0.339 e. The molecule has 1 amide bonds. The highest BCUT2D eigenvalue weighted by Crippen LogP contribution is 2.24. The Kier molecular flexibility index (Phi) is 4.58. The number of piperidine rings is 1. The third-order valence-corrected chi connectivity index (χ3v) is 4.23. The number of amides is 1. The van der Waals surface area contributed by atoms with E-state index in [1.165, 1.54) is 18.2 Å². The summed E-state index contributed by atoms with van der Waals surface area (Å²) < 4.78 is 0. The highest BCUT2D eigenvalue weighted by Gasteiger charge is 2.27. The molecule has 98 valence electrons. The molecule has 0 radical (unpaired) electrons. The summed E-state index contributed by atoms with van der Waals surface area (Å²) in [7, 11) is 0. The van der Waals surface area contributed by atoms with Crippen LogP contribution in [0, 0.1) is 0 Å². The molecule has 2 atom stereocenters. The van der Waals surface area contributed by atoms with Gasteiger partial charge in [-0.05, 0) is 39.2 Å². The van der Waals surface area contributed by atoms with E-state index in [0.717, 1.165) is 19.4 Å². The van der Waals surface area contributed by atoms with Crippen molar-refractivity contribution >= 4 is 17.7 Å². The quantitative estimate of drug-likeness (QED) is 0.622. The molecular formula is C13H19N3OS. The minimum atomic E-state index is -0.118. The third-order valence-electron chi connectivity index (χ3n) is 3.26. The SMILES string of the molecule is CC(Sc1ncccn1)C(=O)N1CCCCC1C. The Labute approximate surface area is 112 Å². The Balaban J connectivity index is 1.96. The Hall–Kier alpha value is -1.10. The van der Waals surface area contributed by atoms with Crippen LogP contribution >= 0.6 is 11.8 Å². The van der Waals surface area contributed by atoms with Gasteiger partial charge in [-0.25, -0.2) is 9.97 Å². The lowest BCUT2D eigenvalue weighted by Crippen LogP contribution is -2.45. The molecule has 0 bridgehead atoms. The van der Waals surface area contributed by atoms with Crippen molar-refractivity contribution in [2.24, 2.45) is 0 Å². The molecule has 0 aliphatic carbocycles. The predicted octanol–water partition coefficient (Wildman–Crippen LogP) is 2.36. The van der Waals surface area contributed by atoms with Gasteiger partial charge in [0.2, 0.25) is 5.91 Å². The van der Waals surface area contributed by atoms with Gasteiger partial charge >= 0.3 is 0 Å². The molecule has 1 saturated heterocycles. The molecule has 5 heteroatoms. The van der Waals surface area contributed by atoms with Crippen LogP contribution in [0.25, 0.3) is 0 Å². The van der Waals surface area contributed by atoms with Gasteiger partial charge in [-0.1, -0.05) is 11.8 Å². The maximum absolute atomic E-state index is 12.4. The molecule has 2 heterocycles. The molecule has 1 aliphatic heterocycles. The van der Waals surface area contributed by atoms with Crippen molar-refractivity contribution in [3.05, 3.63) is 18.5 Å². The second kappa shape index (κ2) is 6.18. The minimum absolute atomic E-state index is 0.118. The molecule has 0 N–H and O–H groups in total. The molecular weight excluding hydrogens is 246 g/mol. The van der Waals surface area contributed by atoms with E-state index in [0.29, 0.717) is 11.2 Å². The lowest BCUT2D eigenvalue weighted by molar-refractivity contribution is -0.133. The molecule has 1 fully saturated rings. The molecule has 2 rings (SSSR count). The lowest BCUT2D eigenvalue weighted by atomic mass is 10.0. The van der Waals surface area contributed by atoms with E-state index in [-0.39, 0.29) is 11.2 Å². The molecule has 1 aromatic heterocycles. The zero-order valence-electron chi connectivity index (χ0n) is 10.9. The average Bonchev–Trinajstić information content (AvgIpc) is 2.39. The average molecular weight is 265 g/mol. The van der Waals surface area contributed by atoms with E-state index in [1.807, 2.05) is 11.8 Å². The summed E-state index contributed by atoms with van der Waals surface area (Å²) in [5, 5.41) is 0.552. The van der Waals surface area contributed by atoms with E-state index >= 15 is 0 Å². The standard InChI is InChI=1S/C13H19N3OS/c1-10-6-3-4-9-16(10)12(17)11(2)18-13-14-7-5-8-15-13/h5,7-8,10-11H,3-4,6,9H2,1-2H3. The van der Waals surface area contributed by atoms with E-state index in [1.54, 1.807) is 18.5 Å². The lowest BCUT2D eigenvalue weighted by Gasteiger charge is -2.34. The van der Waals surface area contributed by atoms with E-state index in [2.05, 4.69) is 16.9 Å². The summed E-state index contributed by atoms with van der Waals surface area (Å²) in [6, 6.07) is 2.15. The van der Waals surface area contributed by atoms with Crippen molar-refractivity contribution < 1.29 is 4.79 Å². The van der Waals surface area contributed by atoms with Gasteiger partial charge in [0.25, 0.3) is 0 Å². The van der Waals surface area contributed by atoms with Crippen molar-refractivity contribution in [3.63, 3.8) is 0 Å². The summed E-state index contributed by atoms with van der Waals surface area (Å²) in [4.78, 5) is 22.7. The van der Waals surface area contributed by atoms with Gasteiger partial charge in [-0.15, -0.1) is 0 Å². The van der Waals surface area contributed by atoms with Crippen molar-refractivity contribution in [1.29, 1.82) is 0 Å². The molecule has 4 nitrogen and oxygen atoms in total. The monoisotopic (exact) mass is 265 g/mol. The molecule has 18 heavy (non-hydrogen) atoms. The number of thioether (sulfide) groups is 1. The fourth-order valence-corrected chi connectivity index (χ4v) is 3.01. The summed E-state index contributed by atoms with van der Waals surface area (Å²) in [6.45, 7) is 4.96. The smallest absolute Gasteiger partial charge is 0.236 e. The van der Waals surface area contributed by atoms with Crippen LogP contribution in [0.2, 0.25) is 0 Å². The van der Waals surface area contributed by atoms with E-state index in [9.17, 15) is 4.79 Å². The summed E-state index contributed by atoms with van der Waals surface area (Å²) in [5.41, 5.74) is 0. The highest BCUT2D eigenvalue weighted by molar-refractivity contribution is 8.00. The van der Waals surface area contributed by atoms with Crippen molar-refractivity contribution in [2.45, 2.75) is 49.6 Å². The van der Waals surface area contributed by atoms with Crippen LogP contribution in [-0.4, -0.2) is 38.6 Å². The van der Waals surface area contributed by atoms with Crippen LogP contribution in [0.4, 0.5) is 0 Å². The van der Waals surface area contributed by atoms with Crippen LogP contribution in [-0.2, 0) is 4.79 Å². The maximum Gasteiger partial charge on any atom is 0.236 e. The molecule has 0 aromatic carbocycles. The number of hydrogen-bond donors (Lipinski definition) is 0. The number of aromatic nitrogens is 2. The zero-order valence-corrected chi connectivity index (χ0v) is 11.7. The van der Waals surface area contributed by atoms with Crippen LogP contribution < -0.4 is 0 Å². The number of carbonyl (C=O) groups is 1. The molecule has 2 unspecified atom stereocenters. The Morgan fingerprint density at radius 2 is 2.17 bits per heavy atom. The van der Waals surface area contributed by atoms with Crippen LogP contribution in [0.5, 0.6) is 0 Å². The number of carbonyl (C=O) groups excluding carboxylic acids is 1. The Bertz CT molecular complexity index is 398.